The van der Waals surface area contributed by atoms with Crippen LogP contribution < -0.4 is 0 Å². The standard InChI is InChI=1S/C14H18N2O3S/c1-10-3-4-12(6-15)5-14(10)20(18,19)16-7-11(2)13(8-16)9-17/h3-5,11,13,17H,7-9H2,1-2H3/t11-,13+/m1/s1. The quantitative estimate of drug-likeness (QED) is 0.905. The van der Waals surface area contributed by atoms with Gasteiger partial charge < -0.3 is 5.11 Å². The van der Waals surface area contributed by atoms with Gasteiger partial charge in [-0.05, 0) is 36.5 Å². The molecule has 1 aromatic rings. The number of nitriles is 1. The molecule has 5 nitrogen and oxygen atoms in total. The maximum absolute atomic E-state index is 12.7. The van der Waals surface area contributed by atoms with Crippen molar-refractivity contribution < 1.29 is 13.5 Å². The molecule has 1 fully saturated rings. The van der Waals surface area contributed by atoms with Crippen LogP contribution in [-0.2, 0) is 10.0 Å². The van der Waals surface area contributed by atoms with Crippen LogP contribution in [0.25, 0.3) is 0 Å². The summed E-state index contributed by atoms with van der Waals surface area (Å²) in [5.74, 6) is 0.110. The number of hydrogen-bond acceptors (Lipinski definition) is 4. The van der Waals surface area contributed by atoms with E-state index >= 15 is 0 Å². The van der Waals surface area contributed by atoms with Crippen LogP contribution in [0.5, 0.6) is 0 Å². The number of benzene rings is 1. The van der Waals surface area contributed by atoms with Crippen molar-refractivity contribution in [1.82, 2.24) is 4.31 Å². The maximum atomic E-state index is 12.7. The lowest BCUT2D eigenvalue weighted by atomic mass is 10.00. The molecule has 2 atom stereocenters. The average Bonchev–Trinajstić information content (AvgIpc) is 2.81. The Morgan fingerprint density at radius 3 is 2.70 bits per heavy atom. The first-order valence-corrected chi connectivity index (χ1v) is 7.96. The van der Waals surface area contributed by atoms with Gasteiger partial charge in [-0.25, -0.2) is 8.42 Å². The Kier molecular flexibility index (Phi) is 4.14. The van der Waals surface area contributed by atoms with Crippen LogP contribution in [0.3, 0.4) is 0 Å². The topological polar surface area (TPSA) is 81.4 Å². The fourth-order valence-corrected chi connectivity index (χ4v) is 4.35. The van der Waals surface area contributed by atoms with Crippen molar-refractivity contribution in [1.29, 1.82) is 5.26 Å². The molecular formula is C14H18N2O3S. The van der Waals surface area contributed by atoms with Crippen molar-refractivity contribution in [2.24, 2.45) is 11.8 Å². The molecule has 0 bridgehead atoms. The predicted octanol–water partition coefficient (Wildman–Crippen LogP) is 1.12. The van der Waals surface area contributed by atoms with Gasteiger partial charge in [0, 0.05) is 19.7 Å². The van der Waals surface area contributed by atoms with Crippen LogP contribution in [0.1, 0.15) is 18.1 Å². The Bertz CT molecular complexity index is 649. The summed E-state index contributed by atoms with van der Waals surface area (Å²) in [5, 5.41) is 18.2. The highest BCUT2D eigenvalue weighted by Gasteiger charge is 2.37. The molecule has 0 radical (unpaired) electrons. The van der Waals surface area contributed by atoms with E-state index < -0.39 is 10.0 Å². The Labute approximate surface area is 119 Å². The smallest absolute Gasteiger partial charge is 0.243 e. The molecule has 1 aliphatic heterocycles. The van der Waals surface area contributed by atoms with E-state index in [1.807, 2.05) is 13.0 Å². The monoisotopic (exact) mass is 294 g/mol. The number of aliphatic hydroxyl groups is 1. The molecule has 108 valence electrons. The lowest BCUT2D eigenvalue weighted by Gasteiger charge is -2.18. The molecule has 0 aliphatic carbocycles. The minimum Gasteiger partial charge on any atom is -0.396 e. The van der Waals surface area contributed by atoms with Gasteiger partial charge in [0.2, 0.25) is 10.0 Å². The predicted molar refractivity (Wildman–Crippen MR) is 74.4 cm³/mol. The van der Waals surface area contributed by atoms with Crippen molar-refractivity contribution in [2.45, 2.75) is 18.7 Å². The van der Waals surface area contributed by atoms with E-state index in [0.29, 0.717) is 24.2 Å². The molecular weight excluding hydrogens is 276 g/mol. The lowest BCUT2D eigenvalue weighted by Crippen LogP contribution is -2.30. The van der Waals surface area contributed by atoms with Crippen molar-refractivity contribution in [3.8, 4) is 6.07 Å². The van der Waals surface area contributed by atoms with Crippen LogP contribution in [0.4, 0.5) is 0 Å². The first-order chi connectivity index (χ1) is 9.40. The number of hydrogen-bond donors (Lipinski definition) is 1. The highest BCUT2D eigenvalue weighted by Crippen LogP contribution is 2.29. The molecule has 0 unspecified atom stereocenters. The fourth-order valence-electron chi connectivity index (χ4n) is 2.51. The summed E-state index contributed by atoms with van der Waals surface area (Å²) >= 11 is 0. The van der Waals surface area contributed by atoms with Crippen molar-refractivity contribution in [3.63, 3.8) is 0 Å². The van der Waals surface area contributed by atoms with E-state index in [9.17, 15) is 13.5 Å². The van der Waals surface area contributed by atoms with Crippen LogP contribution in [0, 0.1) is 30.1 Å². The molecule has 1 aliphatic rings. The van der Waals surface area contributed by atoms with Crippen LogP contribution in [-0.4, -0.2) is 37.5 Å². The van der Waals surface area contributed by atoms with E-state index in [0.717, 1.165) is 0 Å². The van der Waals surface area contributed by atoms with Gasteiger partial charge in [-0.15, -0.1) is 0 Å². The second-order valence-electron chi connectivity index (χ2n) is 5.33. The average molecular weight is 294 g/mol. The molecule has 1 N–H and O–H groups in total. The van der Waals surface area contributed by atoms with Gasteiger partial charge in [-0.2, -0.15) is 9.57 Å². The summed E-state index contributed by atoms with van der Waals surface area (Å²) in [6, 6.07) is 6.64. The molecule has 1 heterocycles. The van der Waals surface area contributed by atoms with E-state index in [2.05, 4.69) is 0 Å². The summed E-state index contributed by atoms with van der Waals surface area (Å²) in [7, 11) is -3.61. The molecule has 0 amide bonds. The van der Waals surface area contributed by atoms with Gasteiger partial charge in [-0.1, -0.05) is 13.0 Å². The summed E-state index contributed by atoms with van der Waals surface area (Å²) in [5.41, 5.74) is 0.962. The SMILES string of the molecule is Cc1ccc(C#N)cc1S(=O)(=O)N1C[C@@H](CO)[C@H](C)C1. The van der Waals surface area contributed by atoms with Crippen LogP contribution in [0.2, 0.25) is 0 Å². The summed E-state index contributed by atoms with van der Waals surface area (Å²) in [4.78, 5) is 0.183. The minimum atomic E-state index is -3.61. The van der Waals surface area contributed by atoms with Gasteiger partial charge in [0.15, 0.2) is 0 Å². The number of sulfonamides is 1. The largest absolute Gasteiger partial charge is 0.396 e. The van der Waals surface area contributed by atoms with Gasteiger partial charge in [0.25, 0.3) is 0 Å². The van der Waals surface area contributed by atoms with E-state index in [-0.39, 0.29) is 23.3 Å². The fraction of sp³-hybridized carbons (Fsp3) is 0.500. The van der Waals surface area contributed by atoms with Gasteiger partial charge >= 0.3 is 0 Å². The molecule has 1 aromatic carbocycles. The van der Waals surface area contributed by atoms with Crippen LogP contribution >= 0.6 is 0 Å². The number of nitrogens with zero attached hydrogens (tertiary/aromatic N) is 2. The third-order valence-electron chi connectivity index (χ3n) is 3.90. The van der Waals surface area contributed by atoms with Gasteiger partial charge in [0.05, 0.1) is 16.5 Å². The molecule has 6 heteroatoms. The molecule has 20 heavy (non-hydrogen) atoms. The molecule has 0 saturated carbocycles. The first-order valence-electron chi connectivity index (χ1n) is 6.52. The first kappa shape index (κ1) is 15.0. The highest BCUT2D eigenvalue weighted by molar-refractivity contribution is 7.89. The Morgan fingerprint density at radius 2 is 2.15 bits per heavy atom. The zero-order chi connectivity index (χ0) is 14.9. The third kappa shape index (κ3) is 2.57. The van der Waals surface area contributed by atoms with Crippen molar-refractivity contribution >= 4 is 10.0 Å². The van der Waals surface area contributed by atoms with Crippen molar-refractivity contribution in [3.05, 3.63) is 29.3 Å². The van der Waals surface area contributed by atoms with Gasteiger partial charge in [0.1, 0.15) is 0 Å². The normalized spacial score (nSPS) is 23.7. The summed E-state index contributed by atoms with van der Waals surface area (Å²) < 4.78 is 26.7. The van der Waals surface area contributed by atoms with E-state index in [1.54, 1.807) is 19.1 Å². The highest BCUT2D eigenvalue weighted by atomic mass is 32.2. The Morgan fingerprint density at radius 1 is 1.45 bits per heavy atom. The van der Waals surface area contributed by atoms with Gasteiger partial charge in [-0.3, -0.25) is 0 Å². The molecule has 1 saturated heterocycles. The molecule has 0 spiro atoms. The summed E-state index contributed by atoms with van der Waals surface area (Å²) in [6.07, 6.45) is 0. The Hall–Kier alpha value is -1.42. The number of aryl methyl sites for hydroxylation is 1. The zero-order valence-corrected chi connectivity index (χ0v) is 12.4. The van der Waals surface area contributed by atoms with E-state index in [4.69, 9.17) is 5.26 Å². The zero-order valence-electron chi connectivity index (χ0n) is 11.6. The third-order valence-corrected chi connectivity index (χ3v) is 5.88. The second-order valence-corrected chi connectivity index (χ2v) is 7.24. The minimum absolute atomic E-state index is 0.00952. The Balaban J connectivity index is 2.39. The van der Waals surface area contributed by atoms with Crippen LogP contribution in [0.15, 0.2) is 23.1 Å². The number of aliphatic hydroxyl groups excluding tert-OH is 1. The second kappa shape index (κ2) is 5.52. The van der Waals surface area contributed by atoms with E-state index in [1.165, 1.54) is 10.4 Å². The maximum Gasteiger partial charge on any atom is 0.243 e. The van der Waals surface area contributed by atoms with Crippen molar-refractivity contribution in [2.75, 3.05) is 19.7 Å². The number of rotatable bonds is 3. The molecule has 2 rings (SSSR count). The lowest BCUT2D eigenvalue weighted by molar-refractivity contribution is 0.210. The molecule has 0 aromatic heterocycles. The summed E-state index contributed by atoms with van der Waals surface area (Å²) in [6.45, 7) is 4.39.